The van der Waals surface area contributed by atoms with Gasteiger partial charge in [0.05, 0.1) is 21.3 Å². The van der Waals surface area contributed by atoms with E-state index in [-0.39, 0.29) is 5.97 Å². The third-order valence-corrected chi connectivity index (χ3v) is 8.07. The lowest BCUT2D eigenvalue weighted by molar-refractivity contribution is -0.137. The molecule has 1 aliphatic heterocycles. The summed E-state index contributed by atoms with van der Waals surface area (Å²) in [6, 6.07) is 6.47. The van der Waals surface area contributed by atoms with Crippen LogP contribution in [0.3, 0.4) is 0 Å². The Morgan fingerprint density at radius 2 is 1.77 bits per heavy atom. The summed E-state index contributed by atoms with van der Waals surface area (Å²) in [5, 5.41) is 11.5. The summed E-state index contributed by atoms with van der Waals surface area (Å²) in [5.41, 5.74) is -0.361. The van der Waals surface area contributed by atoms with Crippen molar-refractivity contribution < 1.29 is 40.1 Å². The average molecular weight is 702 g/mol. The number of hydrogen-bond donors (Lipinski definition) is 1. The van der Waals surface area contributed by atoms with Crippen molar-refractivity contribution in [3.8, 4) is 11.8 Å². The van der Waals surface area contributed by atoms with Crippen LogP contribution >= 0.6 is 34.8 Å². The molecule has 1 aliphatic carbocycles. The predicted octanol–water partition coefficient (Wildman–Crippen LogP) is 6.42. The Morgan fingerprint density at radius 3 is 2.23 bits per heavy atom. The number of rotatable bonds is 6. The Bertz CT molecular complexity index is 1660. The fourth-order valence-corrected chi connectivity index (χ4v) is 5.50. The Hall–Kier alpha value is -3.52. The summed E-state index contributed by atoms with van der Waals surface area (Å²) in [7, 11) is -3.71. The van der Waals surface area contributed by atoms with Gasteiger partial charge in [0.15, 0.2) is 16.5 Å². The van der Waals surface area contributed by atoms with Crippen molar-refractivity contribution in [1.29, 1.82) is 5.26 Å². The van der Waals surface area contributed by atoms with Crippen LogP contribution in [-0.4, -0.2) is 48.0 Å². The maximum Gasteiger partial charge on any atom is 0.476 e. The lowest BCUT2D eigenvalue weighted by Gasteiger charge is -2.24. The summed E-state index contributed by atoms with van der Waals surface area (Å²) < 4.78 is 93.3. The minimum absolute atomic E-state index is 0.245. The minimum atomic E-state index is -5.25. The highest BCUT2D eigenvalue weighted by Crippen LogP contribution is 2.40. The summed E-state index contributed by atoms with van der Waals surface area (Å²) >= 11 is 17.2. The third-order valence-electron chi connectivity index (χ3n) is 6.08. The molecular formula is C25H17Cl3F6N6O3S. The summed E-state index contributed by atoms with van der Waals surface area (Å²) in [4.78, 5) is 16.3. The number of anilines is 1. The van der Waals surface area contributed by atoms with Crippen LogP contribution in [0.4, 0.5) is 32.2 Å². The number of benzene rings is 1. The number of pyridine rings is 1. The van der Waals surface area contributed by atoms with E-state index in [9.17, 15) is 35.3 Å². The zero-order valence-corrected chi connectivity index (χ0v) is 24.8. The Balaban J connectivity index is 0.000000213. The molecule has 1 aromatic carbocycles. The second-order valence-corrected chi connectivity index (χ2v) is 11.8. The van der Waals surface area contributed by atoms with E-state index in [1.54, 1.807) is 18.3 Å². The second kappa shape index (κ2) is 12.8. The van der Waals surface area contributed by atoms with Gasteiger partial charge in [-0.15, -0.1) is 0 Å². The van der Waals surface area contributed by atoms with Crippen molar-refractivity contribution in [2.45, 2.75) is 42.0 Å². The maximum absolute atomic E-state index is 12.7. The first kappa shape index (κ1) is 33.4. The van der Waals surface area contributed by atoms with Crippen molar-refractivity contribution in [2.24, 2.45) is 0 Å². The van der Waals surface area contributed by atoms with Gasteiger partial charge in [-0.2, -0.15) is 36.7 Å². The van der Waals surface area contributed by atoms with Crippen LogP contribution in [0.2, 0.25) is 15.2 Å². The normalized spacial score (nSPS) is 15.5. The molecule has 1 fully saturated rings. The van der Waals surface area contributed by atoms with Crippen LogP contribution in [0.15, 0.2) is 47.1 Å². The number of nitrogens with two attached hydrogens (primary N) is 1. The van der Waals surface area contributed by atoms with Gasteiger partial charge in [0.2, 0.25) is 0 Å². The molecule has 234 valence electrons. The number of esters is 1. The smallest absolute Gasteiger partial charge is 0.456 e. The topological polar surface area (TPSA) is 127 Å². The number of halogens is 9. The minimum Gasteiger partial charge on any atom is -0.456 e. The zero-order chi connectivity index (χ0) is 32.6. The fraction of sp³-hybridized carbons (Fsp3) is 0.280. The van der Waals surface area contributed by atoms with Gasteiger partial charge in [-0.05, 0) is 36.6 Å². The molecule has 0 amide bonds. The molecule has 3 aromatic rings. The number of carbonyl (C=O) groups excluding carboxylic acids is 1. The highest BCUT2D eigenvalue weighted by molar-refractivity contribution is 7.86. The number of cyclic esters (lactones) is 1. The van der Waals surface area contributed by atoms with E-state index in [2.05, 4.69) is 15.0 Å². The van der Waals surface area contributed by atoms with Crippen molar-refractivity contribution in [2.75, 3.05) is 12.3 Å². The standard InChI is InChI=1S/C13H13ClN2O2.C12H4Cl2F6N4OS/c14-12-4-1-9(6-15-12)7-16(10-2-3-10)11-5-13(17)18-8-11;13-5-1-4(11(15,16)17)2-6(14)8(5)24-10(22)9(7(3-21)23-24)26(25)12(18,19)20/h1,4-6,10H,2-3,7-8H2;1-2H,22H2. The van der Waals surface area contributed by atoms with Crippen LogP contribution in [0.25, 0.3) is 5.69 Å². The zero-order valence-electron chi connectivity index (χ0n) is 21.7. The third kappa shape index (κ3) is 7.57. The first-order chi connectivity index (χ1) is 20.5. The van der Waals surface area contributed by atoms with Crippen LogP contribution in [0.1, 0.15) is 29.7 Å². The van der Waals surface area contributed by atoms with E-state index >= 15 is 0 Å². The summed E-state index contributed by atoms with van der Waals surface area (Å²) in [5.74, 6) is -1.15. The van der Waals surface area contributed by atoms with Crippen LogP contribution in [0, 0.1) is 11.3 Å². The van der Waals surface area contributed by atoms with Gasteiger partial charge in [0.1, 0.15) is 34.2 Å². The van der Waals surface area contributed by atoms with E-state index in [1.165, 1.54) is 18.9 Å². The number of hydrogen-bond acceptors (Lipinski definition) is 8. The van der Waals surface area contributed by atoms with Gasteiger partial charge in [-0.25, -0.2) is 18.7 Å². The number of aromatic nitrogens is 3. The van der Waals surface area contributed by atoms with Crippen LogP contribution in [-0.2, 0) is 33.1 Å². The molecule has 0 radical (unpaired) electrons. The van der Waals surface area contributed by atoms with E-state index < -0.39 is 60.2 Å². The number of nitrogens with zero attached hydrogens (tertiary/aromatic N) is 5. The van der Waals surface area contributed by atoms with Gasteiger partial charge in [0, 0.05) is 24.9 Å². The molecule has 3 heterocycles. The second-order valence-electron chi connectivity index (χ2n) is 9.18. The maximum atomic E-state index is 12.7. The van der Waals surface area contributed by atoms with Gasteiger partial charge < -0.3 is 15.4 Å². The first-order valence-electron chi connectivity index (χ1n) is 12.1. The summed E-state index contributed by atoms with van der Waals surface area (Å²) in [6.45, 7) is 1.13. The molecule has 1 saturated carbocycles. The molecule has 9 nitrogen and oxygen atoms in total. The number of alkyl halides is 6. The first-order valence-corrected chi connectivity index (χ1v) is 14.4. The predicted molar refractivity (Wildman–Crippen MR) is 147 cm³/mol. The van der Waals surface area contributed by atoms with Gasteiger partial charge in [0.25, 0.3) is 0 Å². The molecule has 1 atom stereocenters. The SMILES string of the molecule is N#Cc1nn(-c2c(Cl)cc(C(F)(F)F)cc2Cl)c(N)c1S(=O)C(F)(F)F.O=C1C=C(N(Cc2ccc(Cl)nc2)C2CC2)CO1. The Morgan fingerprint density at radius 1 is 1.14 bits per heavy atom. The highest BCUT2D eigenvalue weighted by Gasteiger charge is 2.43. The Kier molecular flexibility index (Phi) is 9.74. The lowest BCUT2D eigenvalue weighted by atomic mass is 10.2. The van der Waals surface area contributed by atoms with Crippen molar-refractivity contribution in [3.05, 3.63) is 74.3 Å². The monoisotopic (exact) mass is 700 g/mol. The molecule has 19 heteroatoms. The molecule has 2 aliphatic rings. The lowest BCUT2D eigenvalue weighted by Crippen LogP contribution is -2.25. The van der Waals surface area contributed by atoms with Crippen molar-refractivity contribution in [3.63, 3.8) is 0 Å². The number of nitrogen functional groups attached to an aromatic ring is 1. The molecule has 2 aromatic heterocycles. The fourth-order valence-electron chi connectivity index (χ4n) is 3.97. The van der Waals surface area contributed by atoms with Gasteiger partial charge in [-0.1, -0.05) is 40.9 Å². The average Bonchev–Trinajstić information content (AvgIpc) is 3.60. The largest absolute Gasteiger partial charge is 0.476 e. The number of nitriles is 1. The van der Waals surface area contributed by atoms with Crippen molar-refractivity contribution >= 4 is 57.4 Å². The molecular weight excluding hydrogens is 685 g/mol. The molecule has 5 rings (SSSR count). The quantitative estimate of drug-likeness (QED) is 0.177. The molecule has 1 unspecified atom stereocenters. The van der Waals surface area contributed by atoms with Crippen LogP contribution < -0.4 is 5.73 Å². The molecule has 44 heavy (non-hydrogen) atoms. The van der Waals surface area contributed by atoms with E-state index in [0.717, 1.165) is 17.8 Å². The highest BCUT2D eigenvalue weighted by atomic mass is 35.5. The molecule has 0 saturated heterocycles. The van der Waals surface area contributed by atoms with Crippen LogP contribution in [0.5, 0.6) is 0 Å². The van der Waals surface area contributed by atoms with Gasteiger partial charge >= 0.3 is 17.7 Å². The number of ether oxygens (including phenoxy) is 1. The van der Waals surface area contributed by atoms with E-state index in [4.69, 9.17) is 50.5 Å². The van der Waals surface area contributed by atoms with E-state index in [1.807, 2.05) is 6.07 Å². The Labute approximate surface area is 262 Å². The van der Waals surface area contributed by atoms with Gasteiger partial charge in [-0.3, -0.25) is 0 Å². The van der Waals surface area contributed by atoms with E-state index in [0.29, 0.717) is 34.6 Å². The van der Waals surface area contributed by atoms with Crippen molar-refractivity contribution in [1.82, 2.24) is 19.7 Å². The molecule has 0 bridgehead atoms. The number of carbonyl (C=O) groups is 1. The molecule has 2 N–H and O–H groups in total. The molecule has 0 spiro atoms. The summed E-state index contributed by atoms with van der Waals surface area (Å²) in [6.07, 6.45) is 0.916.